The molecule has 3 aliphatic heterocycles. The topological polar surface area (TPSA) is 149 Å². The van der Waals surface area contributed by atoms with Crippen LogP contribution in [0.2, 0.25) is 0 Å². The average Bonchev–Trinajstić information content (AvgIpc) is 3.04. The van der Waals surface area contributed by atoms with Gasteiger partial charge >= 0.3 is 5.92 Å². The molecule has 3 fully saturated rings. The number of nitrogens with one attached hydrogen (secondary N) is 1. The van der Waals surface area contributed by atoms with Gasteiger partial charge in [0.2, 0.25) is 11.8 Å². The largest absolute Gasteiger partial charge is 0.483 e. The van der Waals surface area contributed by atoms with Crippen molar-refractivity contribution >= 4 is 23.4 Å². The van der Waals surface area contributed by atoms with Crippen molar-refractivity contribution in [3.63, 3.8) is 0 Å². The van der Waals surface area contributed by atoms with Crippen LogP contribution in [-0.4, -0.2) is 119 Å². The standard InChI is InChI=1S/C33H38F2N8O5/c1-20-16-41(24-17-47-18-24)12-13-43(20)26-5-7-29(39-30(26)46-3)40-32-37-10-8-25(38-32)22-4-6-27(23(14-22)15-36)48-28-9-11-42(19-33(28,34)35)31(45)21(2)44/h4-8,10,14,20-21,24,28,44H,9,11-13,16-19H2,1-3H3,(H,37,38,39,40)/t20-,21-,28?/m0/s1. The number of methoxy groups -OCH3 is 1. The van der Waals surface area contributed by atoms with Crippen molar-refractivity contribution in [2.45, 2.75) is 50.5 Å². The van der Waals surface area contributed by atoms with E-state index in [-0.39, 0.29) is 36.3 Å². The highest BCUT2D eigenvalue weighted by molar-refractivity contribution is 5.80. The van der Waals surface area contributed by atoms with Gasteiger partial charge in [-0.25, -0.2) is 18.7 Å². The van der Waals surface area contributed by atoms with Crippen LogP contribution in [0, 0.1) is 11.3 Å². The molecule has 3 saturated heterocycles. The van der Waals surface area contributed by atoms with Crippen LogP contribution in [0.25, 0.3) is 11.3 Å². The molecule has 0 aliphatic carbocycles. The van der Waals surface area contributed by atoms with Gasteiger partial charge in [-0.3, -0.25) is 9.69 Å². The third-order valence-corrected chi connectivity index (χ3v) is 8.90. The van der Waals surface area contributed by atoms with Gasteiger partial charge in [-0.05, 0) is 50.2 Å². The fourth-order valence-electron chi connectivity index (χ4n) is 6.22. The second-order valence-electron chi connectivity index (χ2n) is 12.3. The van der Waals surface area contributed by atoms with Crippen molar-refractivity contribution in [2.24, 2.45) is 0 Å². The Bertz CT molecular complexity index is 1680. The number of benzene rings is 1. The van der Waals surface area contributed by atoms with E-state index in [1.165, 1.54) is 19.1 Å². The zero-order chi connectivity index (χ0) is 34.0. The minimum atomic E-state index is -3.38. The van der Waals surface area contributed by atoms with Gasteiger partial charge in [0.05, 0.1) is 44.2 Å². The minimum Gasteiger partial charge on any atom is -0.483 e. The number of halogens is 2. The van der Waals surface area contributed by atoms with Gasteiger partial charge in [0.25, 0.3) is 5.91 Å². The summed E-state index contributed by atoms with van der Waals surface area (Å²) in [6.45, 7) is 6.83. The number of aliphatic hydroxyl groups excluding tert-OH is 1. The van der Waals surface area contributed by atoms with Crippen molar-refractivity contribution in [3.8, 4) is 29.0 Å². The number of anilines is 3. The van der Waals surface area contributed by atoms with Crippen LogP contribution in [-0.2, 0) is 9.53 Å². The lowest BCUT2D eigenvalue weighted by atomic mass is 10.0. The molecule has 1 amide bonds. The van der Waals surface area contributed by atoms with Crippen LogP contribution in [0.3, 0.4) is 0 Å². The highest BCUT2D eigenvalue weighted by atomic mass is 19.3. The fourth-order valence-corrected chi connectivity index (χ4v) is 6.22. The number of aliphatic hydroxyl groups is 1. The molecule has 13 nitrogen and oxygen atoms in total. The van der Waals surface area contributed by atoms with Crippen molar-refractivity contribution in [2.75, 3.05) is 63.3 Å². The van der Waals surface area contributed by atoms with Crippen LogP contribution in [0.1, 0.15) is 25.8 Å². The summed E-state index contributed by atoms with van der Waals surface area (Å²) in [6, 6.07) is 12.8. The minimum absolute atomic E-state index is 0.00203. The summed E-state index contributed by atoms with van der Waals surface area (Å²) < 4.78 is 46.5. The Balaban J connectivity index is 1.13. The third-order valence-electron chi connectivity index (χ3n) is 8.90. The fraction of sp³-hybridized carbons (Fsp3) is 0.485. The number of nitriles is 1. The van der Waals surface area contributed by atoms with E-state index >= 15 is 0 Å². The number of alkyl halides is 2. The Hall–Kier alpha value is -4.65. The molecule has 0 radical (unpaired) electrons. The summed E-state index contributed by atoms with van der Waals surface area (Å²) in [5.74, 6) is -2.93. The molecule has 2 aromatic heterocycles. The number of hydrogen-bond donors (Lipinski definition) is 2. The first kappa shape index (κ1) is 33.3. The maximum Gasteiger partial charge on any atom is 0.301 e. The lowest BCUT2D eigenvalue weighted by Gasteiger charge is -2.46. The first-order valence-electron chi connectivity index (χ1n) is 15.9. The van der Waals surface area contributed by atoms with E-state index in [1.54, 1.807) is 25.4 Å². The Morgan fingerprint density at radius 3 is 2.67 bits per heavy atom. The number of pyridine rings is 1. The average molecular weight is 665 g/mol. The third kappa shape index (κ3) is 6.96. The molecule has 1 aromatic carbocycles. The number of ether oxygens (including phenoxy) is 3. The molecule has 15 heteroatoms. The van der Waals surface area contributed by atoms with Gasteiger partial charge in [0.1, 0.15) is 29.4 Å². The van der Waals surface area contributed by atoms with Gasteiger partial charge in [0.15, 0.2) is 6.10 Å². The number of hydrogen-bond acceptors (Lipinski definition) is 12. The number of carbonyl (C=O) groups is 1. The molecule has 1 unspecified atom stereocenters. The van der Waals surface area contributed by atoms with Gasteiger partial charge in [-0.15, -0.1) is 0 Å². The molecular weight excluding hydrogens is 626 g/mol. The van der Waals surface area contributed by atoms with Crippen LogP contribution in [0.15, 0.2) is 42.6 Å². The van der Waals surface area contributed by atoms with Crippen molar-refractivity contribution in [1.29, 1.82) is 5.26 Å². The number of likely N-dealkylation sites (tertiary alicyclic amines) is 1. The number of rotatable bonds is 9. The summed E-state index contributed by atoms with van der Waals surface area (Å²) in [5, 5.41) is 22.5. The van der Waals surface area contributed by atoms with Crippen LogP contribution < -0.4 is 19.7 Å². The molecule has 48 heavy (non-hydrogen) atoms. The van der Waals surface area contributed by atoms with Gasteiger partial charge in [0, 0.05) is 50.4 Å². The summed E-state index contributed by atoms with van der Waals surface area (Å²) >= 11 is 0. The number of aromatic nitrogens is 3. The summed E-state index contributed by atoms with van der Waals surface area (Å²) in [7, 11) is 1.59. The monoisotopic (exact) mass is 664 g/mol. The smallest absolute Gasteiger partial charge is 0.301 e. The van der Waals surface area contributed by atoms with Gasteiger partial charge in [-0.2, -0.15) is 10.2 Å². The molecule has 2 N–H and O–H groups in total. The predicted molar refractivity (Wildman–Crippen MR) is 171 cm³/mol. The highest BCUT2D eigenvalue weighted by Gasteiger charge is 2.48. The van der Waals surface area contributed by atoms with E-state index in [9.17, 15) is 23.9 Å². The summed E-state index contributed by atoms with van der Waals surface area (Å²) in [6.07, 6.45) is -1.52. The van der Waals surface area contributed by atoms with E-state index < -0.39 is 30.6 Å². The molecule has 6 rings (SSSR count). The number of piperidine rings is 1. The van der Waals surface area contributed by atoms with Gasteiger partial charge < -0.3 is 34.4 Å². The SMILES string of the molecule is COc1nc(Nc2nccc(-c3ccc(OC4CCN(C(=O)[C@H](C)O)CC4(F)F)c(C#N)c3)n2)ccc1N1CCN(C2COC2)C[C@@H]1C. The maximum atomic E-state index is 14.9. The van der Waals surface area contributed by atoms with E-state index in [4.69, 9.17) is 14.2 Å². The molecule has 0 bridgehead atoms. The molecule has 5 heterocycles. The van der Waals surface area contributed by atoms with Crippen LogP contribution >= 0.6 is 0 Å². The number of nitrogens with zero attached hydrogens (tertiary/aromatic N) is 7. The van der Waals surface area contributed by atoms with E-state index in [0.29, 0.717) is 29.0 Å². The molecule has 3 aliphatic rings. The molecule has 3 aromatic rings. The lowest BCUT2D eigenvalue weighted by Crippen LogP contribution is -2.59. The lowest BCUT2D eigenvalue weighted by molar-refractivity contribution is -0.165. The zero-order valence-electron chi connectivity index (χ0n) is 27.0. The quantitative estimate of drug-likeness (QED) is 0.346. The van der Waals surface area contributed by atoms with Crippen molar-refractivity contribution in [1.82, 2.24) is 24.8 Å². The number of piperazine rings is 1. The predicted octanol–water partition coefficient (Wildman–Crippen LogP) is 3.07. The Kier molecular flexibility index (Phi) is 9.58. The van der Waals surface area contributed by atoms with Gasteiger partial charge in [-0.1, -0.05) is 0 Å². The molecule has 3 atom stereocenters. The first-order chi connectivity index (χ1) is 23.1. The van der Waals surface area contributed by atoms with Crippen LogP contribution in [0.5, 0.6) is 11.6 Å². The second-order valence-corrected chi connectivity index (χ2v) is 12.3. The Labute approximate surface area is 277 Å². The van der Waals surface area contributed by atoms with E-state index in [1.807, 2.05) is 18.2 Å². The van der Waals surface area contributed by atoms with E-state index in [0.717, 1.165) is 43.4 Å². The Morgan fingerprint density at radius 2 is 2.00 bits per heavy atom. The van der Waals surface area contributed by atoms with Crippen LogP contribution in [0.4, 0.5) is 26.2 Å². The normalized spacial score (nSPS) is 21.9. The summed E-state index contributed by atoms with van der Waals surface area (Å²) in [5.41, 5.74) is 1.99. The molecule has 0 spiro atoms. The maximum absolute atomic E-state index is 14.9. The van der Waals surface area contributed by atoms with Crippen molar-refractivity contribution < 1.29 is 32.9 Å². The highest BCUT2D eigenvalue weighted by Crippen LogP contribution is 2.35. The summed E-state index contributed by atoms with van der Waals surface area (Å²) in [4.78, 5) is 31.3. The zero-order valence-corrected chi connectivity index (χ0v) is 27.0. The van der Waals surface area contributed by atoms with Crippen molar-refractivity contribution in [3.05, 3.63) is 48.2 Å². The molecule has 254 valence electrons. The number of carbonyl (C=O) groups excluding carboxylic acids is 1. The Morgan fingerprint density at radius 1 is 1.19 bits per heavy atom. The molecule has 0 saturated carbocycles. The van der Waals surface area contributed by atoms with E-state index in [2.05, 4.69) is 37.0 Å². The second kappa shape index (κ2) is 13.8. The molecular formula is C33H38F2N8O5. The number of amides is 1. The first-order valence-corrected chi connectivity index (χ1v) is 15.9.